The smallest absolute Gasteiger partial charge is 0.189 e. The number of Topliss-reactive ketones (excluding diaryl/α,β-unsaturated/α-hetero) is 1. The molecule has 3 N–H and O–H groups in total. The number of halogens is 1. The Morgan fingerprint density at radius 3 is 2.68 bits per heavy atom. The van der Waals surface area contributed by atoms with Crippen LogP contribution in [0, 0.1) is 3.57 Å². The summed E-state index contributed by atoms with van der Waals surface area (Å²) in [6.45, 7) is 1.81. The number of aliphatic imine (C=N–C) groups is 1. The summed E-state index contributed by atoms with van der Waals surface area (Å²) >= 11 is 2.19. The number of ketones is 1. The number of carbonyl (C=O) groups excluding carboxylic acids is 2. The van der Waals surface area contributed by atoms with Crippen molar-refractivity contribution in [3.63, 3.8) is 0 Å². The van der Waals surface area contributed by atoms with Crippen molar-refractivity contribution in [1.29, 1.82) is 0 Å². The van der Waals surface area contributed by atoms with E-state index in [9.17, 15) is 9.59 Å². The monoisotopic (exact) mass is 452 g/mol. The molecular weight excluding hydrogens is 431 g/mol. The van der Waals surface area contributed by atoms with Crippen molar-refractivity contribution in [2.45, 2.75) is 18.9 Å². The highest BCUT2D eigenvalue weighted by molar-refractivity contribution is 14.1. The maximum absolute atomic E-state index is 12.3. The van der Waals surface area contributed by atoms with E-state index in [0.717, 1.165) is 15.4 Å². The minimum absolute atomic E-state index is 0.00771. The van der Waals surface area contributed by atoms with Crippen molar-refractivity contribution >= 4 is 40.6 Å². The summed E-state index contributed by atoms with van der Waals surface area (Å²) in [7, 11) is 3.33. The standard InChI is InChI=1S/C18H21IN4O2/c1-4-16(25)15-9-13(10-23(15)3)18(11-24,22-17(20)21-2)12-6-5-7-14(19)8-12/h5-11H,4H2,1-3H3,(H3,20,21,22). The third-order valence-corrected chi connectivity index (χ3v) is 4.76. The van der Waals surface area contributed by atoms with Crippen LogP contribution in [-0.2, 0) is 17.4 Å². The third-order valence-electron chi connectivity index (χ3n) is 4.09. The van der Waals surface area contributed by atoms with Crippen molar-refractivity contribution < 1.29 is 9.59 Å². The van der Waals surface area contributed by atoms with Gasteiger partial charge in [-0.15, -0.1) is 0 Å². The molecule has 0 spiro atoms. The number of aromatic nitrogens is 1. The van der Waals surface area contributed by atoms with E-state index in [1.807, 2.05) is 31.2 Å². The average Bonchev–Trinajstić information content (AvgIpc) is 3.00. The van der Waals surface area contributed by atoms with E-state index in [1.165, 1.54) is 0 Å². The minimum atomic E-state index is -1.23. The lowest BCUT2D eigenvalue weighted by Crippen LogP contribution is -2.51. The third kappa shape index (κ3) is 3.76. The van der Waals surface area contributed by atoms with Gasteiger partial charge in [0.15, 0.2) is 18.0 Å². The zero-order chi connectivity index (χ0) is 18.6. The predicted molar refractivity (Wildman–Crippen MR) is 107 cm³/mol. The first-order valence-corrected chi connectivity index (χ1v) is 8.88. The van der Waals surface area contributed by atoms with Gasteiger partial charge in [-0.3, -0.25) is 14.6 Å². The fourth-order valence-electron chi connectivity index (χ4n) is 2.71. The molecule has 1 aromatic heterocycles. The molecule has 0 saturated heterocycles. The second-order valence-corrected chi connectivity index (χ2v) is 6.92. The van der Waals surface area contributed by atoms with Crippen molar-refractivity contribution in [1.82, 2.24) is 9.88 Å². The fourth-order valence-corrected chi connectivity index (χ4v) is 3.25. The molecule has 0 radical (unpaired) electrons. The molecule has 132 valence electrons. The number of aldehydes is 1. The van der Waals surface area contributed by atoms with Gasteiger partial charge < -0.3 is 15.6 Å². The number of carbonyl (C=O) groups is 2. The van der Waals surface area contributed by atoms with Crippen LogP contribution in [0.2, 0.25) is 0 Å². The van der Waals surface area contributed by atoms with Crippen molar-refractivity contribution in [2.75, 3.05) is 7.05 Å². The van der Waals surface area contributed by atoms with Gasteiger partial charge in [-0.1, -0.05) is 19.1 Å². The van der Waals surface area contributed by atoms with Gasteiger partial charge in [0.05, 0.1) is 5.69 Å². The summed E-state index contributed by atoms with van der Waals surface area (Å²) in [5.41, 5.74) is 6.56. The largest absolute Gasteiger partial charge is 0.370 e. The Hall–Kier alpha value is -2.16. The van der Waals surface area contributed by atoms with Crippen LogP contribution in [0.4, 0.5) is 0 Å². The van der Waals surface area contributed by atoms with Crippen LogP contribution in [0.5, 0.6) is 0 Å². The van der Waals surface area contributed by atoms with E-state index < -0.39 is 5.54 Å². The summed E-state index contributed by atoms with van der Waals surface area (Å²) in [6.07, 6.45) is 2.96. The Bertz CT molecular complexity index is 828. The molecule has 1 unspecified atom stereocenters. The first-order chi connectivity index (χ1) is 11.9. The van der Waals surface area contributed by atoms with E-state index in [-0.39, 0.29) is 11.7 Å². The van der Waals surface area contributed by atoms with Gasteiger partial charge >= 0.3 is 0 Å². The number of nitrogens with zero attached hydrogens (tertiary/aromatic N) is 2. The first-order valence-electron chi connectivity index (χ1n) is 7.80. The number of rotatable bonds is 6. The highest BCUT2D eigenvalue weighted by Crippen LogP contribution is 2.30. The number of nitrogens with one attached hydrogen (secondary N) is 1. The van der Waals surface area contributed by atoms with Crippen LogP contribution >= 0.6 is 22.6 Å². The molecule has 25 heavy (non-hydrogen) atoms. The van der Waals surface area contributed by atoms with Gasteiger partial charge in [-0.25, -0.2) is 0 Å². The van der Waals surface area contributed by atoms with Gasteiger partial charge in [0.25, 0.3) is 0 Å². The molecule has 0 saturated carbocycles. The second kappa shape index (κ2) is 7.81. The Morgan fingerprint density at radius 2 is 2.12 bits per heavy atom. The molecule has 0 amide bonds. The van der Waals surface area contributed by atoms with Gasteiger partial charge in [-0.2, -0.15) is 0 Å². The summed E-state index contributed by atoms with van der Waals surface area (Å²) in [4.78, 5) is 28.4. The summed E-state index contributed by atoms with van der Waals surface area (Å²) < 4.78 is 2.71. The van der Waals surface area contributed by atoms with E-state index in [2.05, 4.69) is 32.9 Å². The van der Waals surface area contributed by atoms with Gasteiger partial charge in [-0.05, 0) is 46.4 Å². The Kier molecular flexibility index (Phi) is 5.99. The number of hydrogen-bond acceptors (Lipinski definition) is 3. The predicted octanol–water partition coefficient (Wildman–Crippen LogP) is 2.20. The summed E-state index contributed by atoms with van der Waals surface area (Å²) in [5.74, 6) is 0.145. The topological polar surface area (TPSA) is 89.5 Å². The summed E-state index contributed by atoms with van der Waals surface area (Å²) in [6, 6.07) is 9.29. The van der Waals surface area contributed by atoms with Crippen LogP contribution in [0.1, 0.15) is 35.0 Å². The fraction of sp³-hybridized carbons (Fsp3) is 0.278. The van der Waals surface area contributed by atoms with E-state index in [1.54, 1.807) is 30.9 Å². The lowest BCUT2D eigenvalue weighted by molar-refractivity contribution is -0.111. The maximum Gasteiger partial charge on any atom is 0.189 e. The lowest BCUT2D eigenvalue weighted by atomic mass is 9.85. The molecule has 0 bridgehead atoms. The molecule has 1 atom stereocenters. The minimum Gasteiger partial charge on any atom is -0.370 e. The summed E-state index contributed by atoms with van der Waals surface area (Å²) in [5, 5.41) is 3.02. The van der Waals surface area contributed by atoms with Crippen LogP contribution in [0.15, 0.2) is 41.5 Å². The van der Waals surface area contributed by atoms with Crippen molar-refractivity contribution in [3.8, 4) is 0 Å². The van der Waals surface area contributed by atoms with Crippen LogP contribution in [0.25, 0.3) is 0 Å². The maximum atomic E-state index is 12.3. The zero-order valence-electron chi connectivity index (χ0n) is 14.4. The molecule has 2 aromatic rings. The highest BCUT2D eigenvalue weighted by atomic mass is 127. The van der Waals surface area contributed by atoms with Crippen molar-refractivity contribution in [3.05, 3.63) is 56.9 Å². The molecule has 7 heteroatoms. The Balaban J connectivity index is 2.70. The first kappa shape index (κ1) is 19.2. The molecule has 2 rings (SSSR count). The van der Waals surface area contributed by atoms with Gasteiger partial charge in [0, 0.05) is 35.8 Å². The molecule has 0 aliphatic carbocycles. The second-order valence-electron chi connectivity index (χ2n) is 5.67. The molecule has 0 aliphatic rings. The van der Waals surface area contributed by atoms with Crippen LogP contribution < -0.4 is 11.1 Å². The number of hydrogen-bond donors (Lipinski definition) is 2. The molecule has 1 heterocycles. The van der Waals surface area contributed by atoms with Crippen LogP contribution in [0.3, 0.4) is 0 Å². The zero-order valence-corrected chi connectivity index (χ0v) is 16.6. The molecule has 0 fully saturated rings. The molecular formula is C18H21IN4O2. The molecule has 0 aliphatic heterocycles. The van der Waals surface area contributed by atoms with Gasteiger partial charge in [0.1, 0.15) is 5.54 Å². The number of guanidine groups is 1. The van der Waals surface area contributed by atoms with Gasteiger partial charge in [0.2, 0.25) is 0 Å². The normalized spacial score (nSPS) is 14.0. The molecule has 6 nitrogen and oxygen atoms in total. The van der Waals surface area contributed by atoms with E-state index >= 15 is 0 Å². The quantitative estimate of drug-likeness (QED) is 0.231. The number of nitrogens with two attached hydrogens (primary N) is 1. The number of benzene rings is 1. The Labute approximate surface area is 160 Å². The van der Waals surface area contributed by atoms with E-state index in [0.29, 0.717) is 17.7 Å². The SMILES string of the molecule is CCC(=O)c1cc(C(C=O)(NC(N)=NC)c2cccc(I)c2)cn1C. The Morgan fingerprint density at radius 1 is 1.40 bits per heavy atom. The molecule has 1 aromatic carbocycles. The van der Waals surface area contributed by atoms with Crippen molar-refractivity contribution in [2.24, 2.45) is 17.8 Å². The van der Waals surface area contributed by atoms with E-state index in [4.69, 9.17) is 5.73 Å². The number of aryl methyl sites for hydroxylation is 1. The van der Waals surface area contributed by atoms with Crippen LogP contribution in [-0.4, -0.2) is 29.6 Å². The highest BCUT2D eigenvalue weighted by Gasteiger charge is 2.37. The average molecular weight is 452 g/mol. The lowest BCUT2D eigenvalue weighted by Gasteiger charge is -2.30.